The molecule has 3 aromatic rings. The quantitative estimate of drug-likeness (QED) is 0.361. The van der Waals surface area contributed by atoms with Crippen LogP contribution in [0.25, 0.3) is 0 Å². The first-order valence-corrected chi connectivity index (χ1v) is 12.5. The maximum Gasteiger partial charge on any atom is 0.416 e. The topological polar surface area (TPSA) is 70.1 Å². The van der Waals surface area contributed by atoms with Crippen molar-refractivity contribution in [3.05, 3.63) is 87.3 Å². The molecule has 0 radical (unpaired) electrons. The monoisotopic (exact) mass is 527 g/mol. The molecule has 2 heterocycles. The third-order valence-electron chi connectivity index (χ3n) is 8.06. The van der Waals surface area contributed by atoms with E-state index in [0.717, 1.165) is 24.5 Å². The Morgan fingerprint density at radius 1 is 1.24 bits per heavy atom. The van der Waals surface area contributed by atoms with Crippen molar-refractivity contribution in [3.63, 3.8) is 0 Å². The van der Waals surface area contributed by atoms with Crippen LogP contribution in [0, 0.1) is 29.1 Å². The summed E-state index contributed by atoms with van der Waals surface area (Å²) >= 11 is 6.23. The number of hydrogen-bond donors (Lipinski definition) is 0. The third kappa shape index (κ3) is 4.73. The first-order valence-electron chi connectivity index (χ1n) is 12.1. The van der Waals surface area contributed by atoms with Gasteiger partial charge in [-0.2, -0.15) is 18.4 Å². The molecule has 0 N–H and O–H groups in total. The van der Waals surface area contributed by atoms with Gasteiger partial charge in [-0.1, -0.05) is 41.0 Å². The lowest BCUT2D eigenvalue weighted by molar-refractivity contribution is -0.138. The average molecular weight is 528 g/mol. The van der Waals surface area contributed by atoms with Gasteiger partial charge in [0.2, 0.25) is 0 Å². The van der Waals surface area contributed by atoms with E-state index in [1.54, 1.807) is 42.2 Å². The van der Waals surface area contributed by atoms with E-state index in [0.29, 0.717) is 42.3 Å². The molecule has 2 fully saturated rings. The lowest BCUT2D eigenvalue weighted by atomic mass is 9.80. The largest absolute Gasteiger partial charge is 0.416 e. The number of aryl methyl sites for hydroxylation is 2. The molecular formula is C28H25ClF3N3O2. The highest BCUT2D eigenvalue weighted by Crippen LogP contribution is 2.72. The summed E-state index contributed by atoms with van der Waals surface area (Å²) in [6, 6.07) is 14.7. The van der Waals surface area contributed by atoms with Crippen molar-refractivity contribution in [2.24, 2.45) is 10.8 Å². The lowest BCUT2D eigenvalue weighted by Crippen LogP contribution is -2.30. The number of carbonyl (C=O) groups excluding carboxylic acids is 1. The fraction of sp³-hybridized carbons (Fsp3) is 0.393. The van der Waals surface area contributed by atoms with Crippen molar-refractivity contribution < 1.29 is 22.5 Å². The second-order valence-corrected chi connectivity index (χ2v) is 10.7. The van der Waals surface area contributed by atoms with Gasteiger partial charge in [0.05, 0.1) is 16.1 Å². The molecule has 1 aliphatic heterocycles. The number of alkyl halides is 3. The van der Waals surface area contributed by atoms with E-state index in [1.807, 2.05) is 12.1 Å². The van der Waals surface area contributed by atoms with Crippen molar-refractivity contribution in [2.45, 2.75) is 45.2 Å². The summed E-state index contributed by atoms with van der Waals surface area (Å²) in [5.74, 6) is 0.326. The average Bonchev–Trinajstić information content (AvgIpc) is 3.16. The van der Waals surface area contributed by atoms with Crippen LogP contribution in [0.2, 0.25) is 5.02 Å². The number of aromatic nitrogens is 1. The molecule has 0 unspecified atom stereocenters. The number of amides is 1. The van der Waals surface area contributed by atoms with Gasteiger partial charge in [0.25, 0.3) is 5.91 Å². The second-order valence-electron chi connectivity index (χ2n) is 10.3. The van der Waals surface area contributed by atoms with Crippen LogP contribution in [-0.4, -0.2) is 29.1 Å². The van der Waals surface area contributed by atoms with Gasteiger partial charge < -0.3 is 9.42 Å². The summed E-state index contributed by atoms with van der Waals surface area (Å²) in [7, 11) is 0. The minimum atomic E-state index is -4.44. The van der Waals surface area contributed by atoms with Crippen LogP contribution in [-0.2, 0) is 19.0 Å². The van der Waals surface area contributed by atoms with Crippen molar-refractivity contribution in [1.29, 1.82) is 5.26 Å². The second kappa shape index (κ2) is 9.21. The molecule has 1 saturated heterocycles. The molecule has 5 nitrogen and oxygen atoms in total. The molecule has 1 aliphatic carbocycles. The minimum Gasteiger partial charge on any atom is -0.361 e. The molecule has 192 valence electrons. The first kappa shape index (κ1) is 25.3. The highest BCUT2D eigenvalue weighted by Gasteiger charge is 2.68. The standard InChI is InChI=1S/C28H25ClF3N3O2/c1-18-12-24(34-37-18)25(36)35-11-10-27(17-35)16-26(27,9-8-19-6-7-21(15-33)23(29)13-19)14-20-4-2-3-5-22(20)28(30,31)32/h2-7,12-13H,8-11,14,16-17H2,1H3/t26-,27+/m1/s1. The van der Waals surface area contributed by atoms with Crippen LogP contribution in [0.3, 0.4) is 0 Å². The molecule has 1 spiro atoms. The molecule has 2 atom stereocenters. The Bertz CT molecular complexity index is 1400. The van der Waals surface area contributed by atoms with Crippen LogP contribution in [0.1, 0.15) is 57.8 Å². The summed E-state index contributed by atoms with van der Waals surface area (Å²) in [5, 5.41) is 13.4. The van der Waals surface area contributed by atoms with Crippen molar-refractivity contribution in [1.82, 2.24) is 10.1 Å². The predicted molar refractivity (Wildman–Crippen MR) is 131 cm³/mol. The number of rotatable bonds is 6. The molecule has 2 aliphatic rings. The van der Waals surface area contributed by atoms with E-state index in [-0.39, 0.29) is 29.0 Å². The van der Waals surface area contributed by atoms with Gasteiger partial charge in [-0.05, 0) is 79.2 Å². The maximum absolute atomic E-state index is 13.8. The van der Waals surface area contributed by atoms with E-state index in [4.69, 9.17) is 21.4 Å². The number of likely N-dealkylation sites (tertiary alicyclic amines) is 1. The minimum absolute atomic E-state index is 0.218. The van der Waals surface area contributed by atoms with E-state index in [2.05, 4.69) is 5.16 Å². The number of halogens is 4. The summed E-state index contributed by atoms with van der Waals surface area (Å²) in [6.07, 6.45) is -1.46. The zero-order chi connectivity index (χ0) is 26.4. The third-order valence-corrected chi connectivity index (χ3v) is 8.38. The predicted octanol–water partition coefficient (Wildman–Crippen LogP) is 6.62. The van der Waals surface area contributed by atoms with E-state index >= 15 is 0 Å². The van der Waals surface area contributed by atoms with Gasteiger partial charge in [0.1, 0.15) is 11.8 Å². The summed E-state index contributed by atoms with van der Waals surface area (Å²) < 4.78 is 46.5. The van der Waals surface area contributed by atoms with Crippen molar-refractivity contribution in [2.75, 3.05) is 13.1 Å². The Morgan fingerprint density at radius 3 is 2.70 bits per heavy atom. The van der Waals surface area contributed by atoms with Gasteiger partial charge in [-0.3, -0.25) is 4.79 Å². The Labute approximate surface area is 217 Å². The Kier molecular flexibility index (Phi) is 6.31. The highest BCUT2D eigenvalue weighted by molar-refractivity contribution is 6.31. The van der Waals surface area contributed by atoms with Gasteiger partial charge in [-0.25, -0.2) is 0 Å². The maximum atomic E-state index is 13.8. The molecular weight excluding hydrogens is 503 g/mol. The number of benzene rings is 2. The Morgan fingerprint density at radius 2 is 2.03 bits per heavy atom. The molecule has 1 amide bonds. The normalized spacial score (nSPS) is 22.9. The van der Waals surface area contributed by atoms with E-state index < -0.39 is 17.2 Å². The van der Waals surface area contributed by atoms with Crippen LogP contribution in [0.5, 0.6) is 0 Å². The molecule has 9 heteroatoms. The molecule has 2 aromatic carbocycles. The van der Waals surface area contributed by atoms with Crippen LogP contribution in [0.4, 0.5) is 13.2 Å². The number of hydrogen-bond acceptors (Lipinski definition) is 4. The van der Waals surface area contributed by atoms with Gasteiger partial charge in [-0.15, -0.1) is 0 Å². The van der Waals surface area contributed by atoms with Crippen LogP contribution in [0.15, 0.2) is 53.1 Å². The van der Waals surface area contributed by atoms with Gasteiger partial charge >= 0.3 is 6.18 Å². The van der Waals surface area contributed by atoms with Crippen LogP contribution >= 0.6 is 11.6 Å². The summed E-state index contributed by atoms with van der Waals surface area (Å²) in [5.41, 5.74) is 0.563. The fourth-order valence-electron chi connectivity index (χ4n) is 6.05. The smallest absolute Gasteiger partial charge is 0.361 e. The SMILES string of the molecule is Cc1cc(C(=O)N2CC[C@@]3(C2)C[C@@]3(CCc2ccc(C#N)c(Cl)c2)Cc2ccccc2C(F)(F)F)no1. The van der Waals surface area contributed by atoms with E-state index in [1.165, 1.54) is 6.07 Å². The van der Waals surface area contributed by atoms with Crippen molar-refractivity contribution >= 4 is 17.5 Å². The van der Waals surface area contributed by atoms with E-state index in [9.17, 15) is 18.0 Å². The first-order chi connectivity index (χ1) is 17.6. The Balaban J connectivity index is 1.42. The van der Waals surface area contributed by atoms with Crippen molar-refractivity contribution in [3.8, 4) is 6.07 Å². The number of nitriles is 1. The summed E-state index contributed by atoms with van der Waals surface area (Å²) in [4.78, 5) is 14.8. The Hall–Kier alpha value is -3.31. The number of nitrogens with zero attached hydrogens (tertiary/aromatic N) is 3. The number of carbonyl (C=O) groups is 1. The molecule has 1 saturated carbocycles. The molecule has 5 rings (SSSR count). The van der Waals surface area contributed by atoms with Crippen LogP contribution < -0.4 is 0 Å². The zero-order valence-corrected chi connectivity index (χ0v) is 21.0. The highest BCUT2D eigenvalue weighted by atomic mass is 35.5. The molecule has 0 bridgehead atoms. The zero-order valence-electron chi connectivity index (χ0n) is 20.2. The molecule has 1 aromatic heterocycles. The summed E-state index contributed by atoms with van der Waals surface area (Å²) in [6.45, 7) is 2.71. The van der Waals surface area contributed by atoms with Gasteiger partial charge in [0, 0.05) is 19.2 Å². The van der Waals surface area contributed by atoms with Gasteiger partial charge in [0.15, 0.2) is 5.69 Å². The molecule has 37 heavy (non-hydrogen) atoms. The lowest BCUT2D eigenvalue weighted by Gasteiger charge is -2.25. The fourth-order valence-corrected chi connectivity index (χ4v) is 6.30.